The van der Waals surface area contributed by atoms with E-state index in [1.807, 2.05) is 12.1 Å². The summed E-state index contributed by atoms with van der Waals surface area (Å²) in [5.41, 5.74) is 1.40. The van der Waals surface area contributed by atoms with E-state index in [1.54, 1.807) is 7.11 Å². The van der Waals surface area contributed by atoms with Crippen molar-refractivity contribution in [3.8, 4) is 5.75 Å². The summed E-state index contributed by atoms with van der Waals surface area (Å²) in [7, 11) is 1.71. The highest BCUT2D eigenvalue weighted by atomic mass is 16.5. The molecule has 0 radical (unpaired) electrons. The Labute approximate surface area is 98.0 Å². The molecule has 0 saturated heterocycles. The van der Waals surface area contributed by atoms with Gasteiger partial charge in [0.15, 0.2) is 0 Å². The minimum absolute atomic E-state index is 0.665. The molecule has 1 fully saturated rings. The van der Waals surface area contributed by atoms with Crippen LogP contribution in [-0.2, 0) is 6.42 Å². The van der Waals surface area contributed by atoms with Crippen LogP contribution in [0.4, 0.5) is 0 Å². The second-order valence-corrected chi connectivity index (χ2v) is 4.55. The number of ether oxygens (including phenoxy) is 1. The van der Waals surface area contributed by atoms with Crippen LogP contribution in [-0.4, -0.2) is 19.7 Å². The molecule has 16 heavy (non-hydrogen) atoms. The average Bonchev–Trinajstić information content (AvgIpc) is 3.13. The Bertz CT molecular complexity index is 316. The summed E-state index contributed by atoms with van der Waals surface area (Å²) >= 11 is 0. The summed E-state index contributed by atoms with van der Waals surface area (Å²) in [6.07, 6.45) is 3.93. The van der Waals surface area contributed by atoms with Crippen molar-refractivity contribution in [2.45, 2.75) is 32.2 Å². The van der Waals surface area contributed by atoms with Gasteiger partial charge in [-0.1, -0.05) is 19.1 Å². The molecule has 1 aliphatic carbocycles. The van der Waals surface area contributed by atoms with Crippen molar-refractivity contribution in [3.63, 3.8) is 0 Å². The van der Waals surface area contributed by atoms with Gasteiger partial charge in [0.1, 0.15) is 5.75 Å². The molecule has 2 heteroatoms. The third kappa shape index (κ3) is 2.99. The number of hydrogen-bond donors (Lipinski definition) is 1. The standard InChI is InChI=1S/C14H21NO/c1-3-15-14(12-6-7-12)10-11-4-8-13(16-2)9-5-11/h4-5,8-9,12,14-15H,3,6-7,10H2,1-2H3. The molecule has 0 amide bonds. The molecule has 0 bridgehead atoms. The van der Waals surface area contributed by atoms with Crippen LogP contribution < -0.4 is 10.1 Å². The van der Waals surface area contributed by atoms with Gasteiger partial charge in [0.2, 0.25) is 0 Å². The van der Waals surface area contributed by atoms with Gasteiger partial charge in [-0.2, -0.15) is 0 Å². The zero-order valence-electron chi connectivity index (χ0n) is 10.2. The lowest BCUT2D eigenvalue weighted by atomic mass is 10.0. The summed E-state index contributed by atoms with van der Waals surface area (Å²) in [6.45, 7) is 3.25. The molecule has 0 heterocycles. The molecule has 1 aromatic carbocycles. The Balaban J connectivity index is 1.94. The summed E-state index contributed by atoms with van der Waals surface area (Å²) in [5, 5.41) is 3.59. The van der Waals surface area contributed by atoms with Gasteiger partial charge < -0.3 is 10.1 Å². The number of nitrogens with one attached hydrogen (secondary N) is 1. The van der Waals surface area contributed by atoms with Crippen LogP contribution in [0.5, 0.6) is 5.75 Å². The highest BCUT2D eigenvalue weighted by Gasteiger charge is 2.30. The minimum atomic E-state index is 0.665. The number of methoxy groups -OCH3 is 1. The van der Waals surface area contributed by atoms with E-state index >= 15 is 0 Å². The van der Waals surface area contributed by atoms with Gasteiger partial charge in [-0.05, 0) is 49.4 Å². The zero-order valence-corrected chi connectivity index (χ0v) is 10.2. The van der Waals surface area contributed by atoms with E-state index in [9.17, 15) is 0 Å². The van der Waals surface area contributed by atoms with Crippen LogP contribution in [0.2, 0.25) is 0 Å². The van der Waals surface area contributed by atoms with Gasteiger partial charge in [-0.3, -0.25) is 0 Å². The summed E-state index contributed by atoms with van der Waals surface area (Å²) in [6, 6.07) is 9.10. The number of rotatable bonds is 6. The highest BCUT2D eigenvalue weighted by Crippen LogP contribution is 2.34. The zero-order chi connectivity index (χ0) is 11.4. The van der Waals surface area contributed by atoms with E-state index in [4.69, 9.17) is 4.74 Å². The van der Waals surface area contributed by atoms with E-state index in [2.05, 4.69) is 24.4 Å². The maximum absolute atomic E-state index is 5.17. The van der Waals surface area contributed by atoms with E-state index in [0.717, 1.165) is 24.6 Å². The van der Waals surface area contributed by atoms with Crippen molar-refractivity contribution < 1.29 is 4.74 Å². The topological polar surface area (TPSA) is 21.3 Å². The van der Waals surface area contributed by atoms with Crippen LogP contribution in [0.3, 0.4) is 0 Å². The Morgan fingerprint density at radius 3 is 2.50 bits per heavy atom. The third-order valence-corrected chi connectivity index (χ3v) is 3.27. The second kappa shape index (κ2) is 5.35. The van der Waals surface area contributed by atoms with Crippen molar-refractivity contribution >= 4 is 0 Å². The van der Waals surface area contributed by atoms with Crippen LogP contribution in [0.1, 0.15) is 25.3 Å². The Morgan fingerprint density at radius 1 is 1.31 bits per heavy atom. The highest BCUT2D eigenvalue weighted by molar-refractivity contribution is 5.27. The molecule has 2 nitrogen and oxygen atoms in total. The largest absolute Gasteiger partial charge is 0.497 e. The normalized spacial score (nSPS) is 17.1. The molecule has 88 valence electrons. The van der Waals surface area contributed by atoms with Crippen molar-refractivity contribution in [2.24, 2.45) is 5.92 Å². The van der Waals surface area contributed by atoms with E-state index in [-0.39, 0.29) is 0 Å². The molecule has 1 unspecified atom stereocenters. The van der Waals surface area contributed by atoms with Gasteiger partial charge in [-0.25, -0.2) is 0 Å². The molecule has 1 atom stereocenters. The van der Waals surface area contributed by atoms with Gasteiger partial charge >= 0.3 is 0 Å². The van der Waals surface area contributed by atoms with E-state index in [1.165, 1.54) is 18.4 Å². The maximum atomic E-state index is 5.17. The maximum Gasteiger partial charge on any atom is 0.118 e. The lowest BCUT2D eigenvalue weighted by Gasteiger charge is -2.17. The van der Waals surface area contributed by atoms with Crippen molar-refractivity contribution in [1.29, 1.82) is 0 Å². The van der Waals surface area contributed by atoms with Crippen LogP contribution >= 0.6 is 0 Å². The fourth-order valence-corrected chi connectivity index (χ4v) is 2.18. The first-order valence-corrected chi connectivity index (χ1v) is 6.19. The average molecular weight is 219 g/mol. The smallest absolute Gasteiger partial charge is 0.118 e. The van der Waals surface area contributed by atoms with Gasteiger partial charge in [0, 0.05) is 6.04 Å². The number of likely N-dealkylation sites (N-methyl/N-ethyl adjacent to an activating group) is 1. The molecule has 0 aromatic heterocycles. The molecule has 1 aromatic rings. The molecule has 0 spiro atoms. The Kier molecular flexibility index (Phi) is 3.83. The Hall–Kier alpha value is -1.02. The van der Waals surface area contributed by atoms with Gasteiger partial charge in [0.05, 0.1) is 7.11 Å². The first-order valence-electron chi connectivity index (χ1n) is 6.19. The predicted octanol–water partition coefficient (Wildman–Crippen LogP) is 2.63. The quantitative estimate of drug-likeness (QED) is 0.794. The Morgan fingerprint density at radius 2 is 2.00 bits per heavy atom. The van der Waals surface area contributed by atoms with Crippen LogP contribution in [0, 0.1) is 5.92 Å². The second-order valence-electron chi connectivity index (χ2n) is 4.55. The van der Waals surface area contributed by atoms with Gasteiger partial charge in [-0.15, -0.1) is 0 Å². The first kappa shape index (κ1) is 11.5. The molecule has 1 N–H and O–H groups in total. The molecule has 1 aliphatic rings. The van der Waals surface area contributed by atoms with Gasteiger partial charge in [0.25, 0.3) is 0 Å². The third-order valence-electron chi connectivity index (χ3n) is 3.27. The van der Waals surface area contributed by atoms with E-state index in [0.29, 0.717) is 6.04 Å². The summed E-state index contributed by atoms with van der Waals surface area (Å²) in [4.78, 5) is 0. The lowest BCUT2D eigenvalue weighted by molar-refractivity contribution is 0.414. The molecule has 1 saturated carbocycles. The fourth-order valence-electron chi connectivity index (χ4n) is 2.18. The number of benzene rings is 1. The van der Waals surface area contributed by atoms with Crippen molar-refractivity contribution in [2.75, 3.05) is 13.7 Å². The molecular formula is C14H21NO. The minimum Gasteiger partial charge on any atom is -0.497 e. The monoisotopic (exact) mass is 219 g/mol. The fraction of sp³-hybridized carbons (Fsp3) is 0.571. The first-order chi connectivity index (χ1) is 7.83. The molecular weight excluding hydrogens is 198 g/mol. The predicted molar refractivity (Wildman–Crippen MR) is 66.9 cm³/mol. The summed E-state index contributed by atoms with van der Waals surface area (Å²) < 4.78 is 5.17. The van der Waals surface area contributed by atoms with Crippen molar-refractivity contribution in [1.82, 2.24) is 5.32 Å². The lowest BCUT2D eigenvalue weighted by Crippen LogP contribution is -2.32. The van der Waals surface area contributed by atoms with E-state index < -0.39 is 0 Å². The van der Waals surface area contributed by atoms with Crippen LogP contribution in [0.15, 0.2) is 24.3 Å². The van der Waals surface area contributed by atoms with Crippen molar-refractivity contribution in [3.05, 3.63) is 29.8 Å². The number of hydrogen-bond acceptors (Lipinski definition) is 2. The molecule has 2 rings (SSSR count). The van der Waals surface area contributed by atoms with Crippen LogP contribution in [0.25, 0.3) is 0 Å². The molecule has 0 aliphatic heterocycles. The SMILES string of the molecule is CCNC(Cc1ccc(OC)cc1)C1CC1. The summed E-state index contributed by atoms with van der Waals surface area (Å²) in [5.74, 6) is 1.84.